The van der Waals surface area contributed by atoms with E-state index in [1.165, 1.54) is 0 Å². The number of rotatable bonds is 0. The lowest BCUT2D eigenvalue weighted by atomic mass is 10.0. The van der Waals surface area contributed by atoms with Crippen molar-refractivity contribution >= 4 is 0 Å². The molecule has 0 aromatic rings. The first-order valence-corrected chi connectivity index (χ1v) is 5.73. The SMILES string of the molecule is C.CC.CC.CC(C)(C)C.CC(C)C. The fraction of sp³-hybridized carbons (Fsp3) is 1.00. The summed E-state index contributed by atoms with van der Waals surface area (Å²) in [5.41, 5.74) is 0.500. The molecule has 0 aliphatic carbocycles. The highest BCUT2D eigenvalue weighted by Gasteiger charge is 1.95. The number of hydrogen-bond acceptors (Lipinski definition) is 0. The molecule has 0 atom stereocenters. The summed E-state index contributed by atoms with van der Waals surface area (Å²) in [7, 11) is 0. The maximum absolute atomic E-state index is 2.19. The van der Waals surface area contributed by atoms with E-state index in [9.17, 15) is 0 Å². The second-order valence-corrected chi connectivity index (χ2v) is 4.73. The Morgan fingerprint density at radius 2 is 0.643 bits per heavy atom. The zero-order valence-electron chi connectivity index (χ0n) is 12.1. The molecule has 0 spiro atoms. The van der Waals surface area contributed by atoms with Crippen LogP contribution in [0.5, 0.6) is 0 Å². The van der Waals surface area contributed by atoms with E-state index >= 15 is 0 Å². The molecule has 14 heavy (non-hydrogen) atoms. The highest BCUT2D eigenvalue weighted by Crippen LogP contribution is 2.07. The molecule has 0 unspecified atom stereocenters. The van der Waals surface area contributed by atoms with Crippen LogP contribution in [0.4, 0.5) is 0 Å². The molecule has 0 aliphatic rings. The second kappa shape index (κ2) is 23.1. The van der Waals surface area contributed by atoms with Crippen LogP contribution in [0.15, 0.2) is 0 Å². The van der Waals surface area contributed by atoms with Crippen molar-refractivity contribution in [2.45, 2.75) is 83.6 Å². The van der Waals surface area contributed by atoms with Crippen molar-refractivity contribution < 1.29 is 0 Å². The maximum atomic E-state index is 2.19. The van der Waals surface area contributed by atoms with Crippen molar-refractivity contribution in [2.24, 2.45) is 11.3 Å². The van der Waals surface area contributed by atoms with Gasteiger partial charge in [-0.05, 0) is 11.3 Å². The third kappa shape index (κ3) is 0. The molecule has 0 amide bonds. The summed E-state index contributed by atoms with van der Waals surface area (Å²) < 4.78 is 0. The molecule has 0 N–H and O–H groups in total. The molecular weight excluding hydrogens is 168 g/mol. The average molecular weight is 206 g/mol. The minimum Gasteiger partial charge on any atom is -0.0776 e. The van der Waals surface area contributed by atoms with Gasteiger partial charge in [0.25, 0.3) is 0 Å². The van der Waals surface area contributed by atoms with Gasteiger partial charge in [-0.25, -0.2) is 0 Å². The summed E-state index contributed by atoms with van der Waals surface area (Å²) in [6.45, 7) is 23.3. The first-order valence-electron chi connectivity index (χ1n) is 5.73. The highest BCUT2D eigenvalue weighted by atomic mass is 14.0. The standard InChI is InChI=1S/C5H12.C4H10.2C2H6.CH4/c1-5(2,3)4;1-4(2)3;2*1-2;/h1-4H3;4H,1-3H3;2*1-2H3;1H4. The van der Waals surface area contributed by atoms with Crippen molar-refractivity contribution in [3.8, 4) is 0 Å². The van der Waals surface area contributed by atoms with Gasteiger partial charge >= 0.3 is 0 Å². The van der Waals surface area contributed by atoms with E-state index in [-0.39, 0.29) is 7.43 Å². The lowest BCUT2D eigenvalue weighted by Gasteiger charge is -2.05. The van der Waals surface area contributed by atoms with Crippen molar-refractivity contribution in [3.63, 3.8) is 0 Å². The Kier molecular flexibility index (Phi) is 48.2. The molecule has 0 saturated heterocycles. The Labute approximate surface area is 95.5 Å². The zero-order valence-corrected chi connectivity index (χ0v) is 12.1. The molecular formula is C14H38. The predicted molar refractivity (Wildman–Crippen MR) is 75.1 cm³/mol. The predicted octanol–water partition coefficient (Wildman–Crippen LogP) is 6.40. The van der Waals surface area contributed by atoms with Gasteiger partial charge in [-0.3, -0.25) is 0 Å². The molecule has 0 aromatic carbocycles. The van der Waals surface area contributed by atoms with Gasteiger partial charge in [-0.2, -0.15) is 0 Å². The summed E-state index contributed by atoms with van der Waals surface area (Å²) in [4.78, 5) is 0. The van der Waals surface area contributed by atoms with Crippen LogP contribution in [-0.4, -0.2) is 0 Å². The lowest BCUT2D eigenvalue weighted by Crippen LogP contribution is -1.93. The van der Waals surface area contributed by atoms with Gasteiger partial charge in [0.1, 0.15) is 0 Å². The van der Waals surface area contributed by atoms with E-state index in [1.807, 2.05) is 27.7 Å². The van der Waals surface area contributed by atoms with Crippen LogP contribution in [0.1, 0.15) is 83.6 Å². The molecule has 0 aromatic heterocycles. The molecule has 0 heterocycles. The zero-order chi connectivity index (χ0) is 12.1. The average Bonchev–Trinajstić information content (AvgIpc) is 1.90. The molecule has 0 bridgehead atoms. The highest BCUT2D eigenvalue weighted by molar-refractivity contribution is 4.47. The second-order valence-electron chi connectivity index (χ2n) is 4.73. The van der Waals surface area contributed by atoms with Crippen LogP contribution in [-0.2, 0) is 0 Å². The van der Waals surface area contributed by atoms with E-state index in [1.54, 1.807) is 0 Å². The van der Waals surface area contributed by atoms with Gasteiger partial charge < -0.3 is 0 Å². The molecule has 0 saturated carbocycles. The lowest BCUT2D eigenvalue weighted by molar-refractivity contribution is 0.469. The molecule has 0 fully saturated rings. The monoisotopic (exact) mass is 206 g/mol. The van der Waals surface area contributed by atoms with Gasteiger partial charge in [0.05, 0.1) is 0 Å². The van der Waals surface area contributed by atoms with Gasteiger partial charge in [0.2, 0.25) is 0 Å². The Morgan fingerprint density at radius 1 is 0.643 bits per heavy atom. The summed E-state index contributed by atoms with van der Waals surface area (Å²) in [5.74, 6) is 0.833. The van der Waals surface area contributed by atoms with Gasteiger partial charge in [0, 0.05) is 0 Å². The first-order chi connectivity index (χ1) is 5.73. The van der Waals surface area contributed by atoms with Crippen LogP contribution in [0.25, 0.3) is 0 Å². The van der Waals surface area contributed by atoms with Crippen molar-refractivity contribution in [2.75, 3.05) is 0 Å². The fourth-order valence-electron chi connectivity index (χ4n) is 0. The third-order valence-corrected chi connectivity index (χ3v) is 0. The molecule has 0 rings (SSSR count). The summed E-state index contributed by atoms with van der Waals surface area (Å²) in [5, 5.41) is 0. The third-order valence-electron chi connectivity index (χ3n) is 0. The van der Waals surface area contributed by atoms with Crippen LogP contribution in [0, 0.1) is 11.3 Å². The van der Waals surface area contributed by atoms with Crippen molar-refractivity contribution in [1.82, 2.24) is 0 Å². The summed E-state index contributed by atoms with van der Waals surface area (Å²) >= 11 is 0. The molecule has 0 radical (unpaired) electrons. The van der Waals surface area contributed by atoms with Crippen molar-refractivity contribution in [1.29, 1.82) is 0 Å². The Morgan fingerprint density at radius 3 is 0.643 bits per heavy atom. The fourth-order valence-corrected chi connectivity index (χ4v) is 0. The minimum atomic E-state index is 0. The molecule has 0 nitrogen and oxygen atoms in total. The number of hydrogen-bond donors (Lipinski definition) is 0. The van der Waals surface area contributed by atoms with Gasteiger partial charge in [0.15, 0.2) is 0 Å². The maximum Gasteiger partial charge on any atom is -0.0411 e. The molecule has 0 aliphatic heterocycles. The van der Waals surface area contributed by atoms with Crippen molar-refractivity contribution in [3.05, 3.63) is 0 Å². The smallest absolute Gasteiger partial charge is 0.0411 e. The van der Waals surface area contributed by atoms with E-state index in [2.05, 4.69) is 48.5 Å². The quantitative estimate of drug-likeness (QED) is 0.430. The van der Waals surface area contributed by atoms with Crippen LogP contribution < -0.4 is 0 Å². The Balaban J connectivity index is -0.0000000273. The Hall–Kier alpha value is 0. The van der Waals surface area contributed by atoms with Crippen LogP contribution >= 0.6 is 0 Å². The van der Waals surface area contributed by atoms with E-state index in [0.29, 0.717) is 5.41 Å². The van der Waals surface area contributed by atoms with Crippen LogP contribution in [0.2, 0.25) is 0 Å². The first kappa shape index (κ1) is 29.2. The van der Waals surface area contributed by atoms with Gasteiger partial charge in [-0.1, -0.05) is 83.6 Å². The van der Waals surface area contributed by atoms with Gasteiger partial charge in [-0.15, -0.1) is 0 Å². The van der Waals surface area contributed by atoms with E-state index in [0.717, 1.165) is 5.92 Å². The largest absolute Gasteiger partial charge is 0.0776 e. The van der Waals surface area contributed by atoms with E-state index < -0.39 is 0 Å². The normalized spacial score (nSPS) is 7.71. The molecule has 94 valence electrons. The van der Waals surface area contributed by atoms with E-state index in [4.69, 9.17) is 0 Å². The summed E-state index contributed by atoms with van der Waals surface area (Å²) in [6.07, 6.45) is 0. The van der Waals surface area contributed by atoms with Crippen LogP contribution in [0.3, 0.4) is 0 Å². The molecule has 0 heteroatoms. The summed E-state index contributed by atoms with van der Waals surface area (Å²) in [6, 6.07) is 0. The Bertz CT molecular complexity index is 36.8. The minimum absolute atomic E-state index is 0. The topological polar surface area (TPSA) is 0 Å².